The number of imide groups is 1. The third-order valence-corrected chi connectivity index (χ3v) is 6.19. The standard InChI is InChI=1S/C23H18N4O5/c1-13-7-9-15(10-8-13)25-22(29)18-17-6-3-11-24-26(17)20(19(18)23(25)30)21(28)14-4-2-5-16(12-14)27(31)32/h2-12,17-20H,1H3/t17-,18+,19+,20+/m1/s1. The summed E-state index contributed by atoms with van der Waals surface area (Å²) in [6.07, 6.45) is 4.94. The third-order valence-electron chi connectivity index (χ3n) is 6.19. The van der Waals surface area contributed by atoms with Gasteiger partial charge in [0.15, 0.2) is 5.78 Å². The highest BCUT2D eigenvalue weighted by Crippen LogP contribution is 2.46. The van der Waals surface area contributed by atoms with Crippen LogP contribution in [0.25, 0.3) is 0 Å². The number of hydrogen-bond acceptors (Lipinski definition) is 7. The maximum Gasteiger partial charge on any atom is 0.270 e. The van der Waals surface area contributed by atoms with Crippen LogP contribution in [0.3, 0.4) is 0 Å². The third kappa shape index (κ3) is 2.85. The van der Waals surface area contributed by atoms with Gasteiger partial charge in [0.25, 0.3) is 5.69 Å². The number of nitro benzene ring substituents is 1. The van der Waals surface area contributed by atoms with Crippen molar-refractivity contribution in [1.29, 1.82) is 0 Å². The molecule has 2 saturated heterocycles. The van der Waals surface area contributed by atoms with Crippen molar-refractivity contribution in [3.8, 4) is 0 Å². The van der Waals surface area contributed by atoms with Crippen molar-refractivity contribution >= 4 is 35.2 Å². The van der Waals surface area contributed by atoms with E-state index in [-0.39, 0.29) is 17.2 Å². The Morgan fingerprint density at radius 1 is 1.06 bits per heavy atom. The monoisotopic (exact) mass is 430 g/mol. The molecule has 9 nitrogen and oxygen atoms in total. The summed E-state index contributed by atoms with van der Waals surface area (Å²) in [4.78, 5) is 52.1. The van der Waals surface area contributed by atoms with Gasteiger partial charge in [0.2, 0.25) is 11.8 Å². The van der Waals surface area contributed by atoms with Gasteiger partial charge in [-0.3, -0.25) is 29.5 Å². The van der Waals surface area contributed by atoms with Gasteiger partial charge in [-0.15, -0.1) is 0 Å². The van der Waals surface area contributed by atoms with Crippen molar-refractivity contribution < 1.29 is 19.3 Å². The van der Waals surface area contributed by atoms with E-state index in [9.17, 15) is 24.5 Å². The number of allylic oxidation sites excluding steroid dienone is 1. The lowest BCUT2D eigenvalue weighted by molar-refractivity contribution is -0.384. The van der Waals surface area contributed by atoms with Crippen LogP contribution in [0.2, 0.25) is 0 Å². The summed E-state index contributed by atoms with van der Waals surface area (Å²) in [5, 5.41) is 16.9. The molecule has 0 bridgehead atoms. The maximum absolute atomic E-state index is 13.5. The van der Waals surface area contributed by atoms with E-state index in [2.05, 4.69) is 5.10 Å². The van der Waals surface area contributed by atoms with Crippen LogP contribution in [0.5, 0.6) is 0 Å². The van der Waals surface area contributed by atoms with Crippen LogP contribution in [-0.2, 0) is 9.59 Å². The van der Waals surface area contributed by atoms with E-state index in [1.54, 1.807) is 24.3 Å². The highest BCUT2D eigenvalue weighted by atomic mass is 16.6. The number of rotatable bonds is 4. The molecule has 9 heteroatoms. The number of aryl methyl sites for hydroxylation is 1. The number of fused-ring (bicyclic) bond motifs is 3. The number of Topliss-reactive ketones (excluding diaryl/α,β-unsaturated/α-hetero) is 1. The zero-order chi connectivity index (χ0) is 22.6. The molecular weight excluding hydrogens is 412 g/mol. The van der Waals surface area contributed by atoms with Gasteiger partial charge in [-0.2, -0.15) is 5.10 Å². The average molecular weight is 430 g/mol. The molecule has 0 radical (unpaired) electrons. The summed E-state index contributed by atoms with van der Waals surface area (Å²) in [5.74, 6) is -3.04. The Morgan fingerprint density at radius 2 is 1.78 bits per heavy atom. The molecule has 2 aromatic carbocycles. The predicted molar refractivity (Wildman–Crippen MR) is 115 cm³/mol. The number of carbonyl (C=O) groups is 3. The summed E-state index contributed by atoms with van der Waals surface area (Å²) in [5.41, 5.74) is 1.32. The second-order valence-corrected chi connectivity index (χ2v) is 8.04. The van der Waals surface area contributed by atoms with E-state index < -0.39 is 40.5 Å². The van der Waals surface area contributed by atoms with Crippen LogP contribution in [-0.4, -0.2) is 45.8 Å². The Labute approximate surface area is 182 Å². The topological polar surface area (TPSA) is 113 Å². The van der Waals surface area contributed by atoms with E-state index in [1.807, 2.05) is 19.1 Å². The number of hydrogen-bond donors (Lipinski definition) is 0. The zero-order valence-corrected chi connectivity index (χ0v) is 17.0. The van der Waals surface area contributed by atoms with Gasteiger partial charge in [-0.05, 0) is 25.1 Å². The Kier molecular flexibility index (Phi) is 4.47. The summed E-state index contributed by atoms with van der Waals surface area (Å²) in [6.45, 7) is 1.91. The van der Waals surface area contributed by atoms with Crippen molar-refractivity contribution in [2.45, 2.75) is 19.0 Å². The molecule has 2 fully saturated rings. The molecule has 2 amide bonds. The Balaban J connectivity index is 1.57. The fraction of sp³-hybridized carbons (Fsp3) is 0.217. The molecule has 4 atom stereocenters. The van der Waals surface area contributed by atoms with E-state index in [1.165, 1.54) is 35.5 Å². The largest absolute Gasteiger partial charge is 0.292 e. The number of nitro groups is 1. The molecule has 0 N–H and O–H groups in total. The lowest BCUT2D eigenvalue weighted by Crippen LogP contribution is -2.46. The fourth-order valence-electron chi connectivity index (χ4n) is 4.73. The quantitative estimate of drug-likeness (QED) is 0.319. The molecule has 5 rings (SSSR count). The van der Waals surface area contributed by atoms with Gasteiger partial charge < -0.3 is 0 Å². The second-order valence-electron chi connectivity index (χ2n) is 8.04. The van der Waals surface area contributed by atoms with Crippen LogP contribution in [0.15, 0.2) is 65.8 Å². The van der Waals surface area contributed by atoms with Crippen molar-refractivity contribution in [2.75, 3.05) is 4.90 Å². The second kappa shape index (κ2) is 7.23. The number of nitrogens with zero attached hydrogens (tertiary/aromatic N) is 4. The molecular formula is C23H18N4O5. The number of anilines is 1. The summed E-state index contributed by atoms with van der Waals surface area (Å²) in [6, 6.07) is 10.8. The van der Waals surface area contributed by atoms with Crippen molar-refractivity contribution in [3.63, 3.8) is 0 Å². The van der Waals surface area contributed by atoms with Crippen molar-refractivity contribution in [2.24, 2.45) is 16.9 Å². The smallest absolute Gasteiger partial charge is 0.270 e. The van der Waals surface area contributed by atoms with Crippen LogP contribution in [0, 0.1) is 28.9 Å². The van der Waals surface area contributed by atoms with Crippen LogP contribution >= 0.6 is 0 Å². The molecule has 3 aliphatic rings. The maximum atomic E-state index is 13.5. The number of non-ortho nitro benzene ring substituents is 1. The van der Waals surface area contributed by atoms with Gasteiger partial charge in [0.05, 0.1) is 28.5 Å². The average Bonchev–Trinajstić information content (AvgIpc) is 3.27. The first-order chi connectivity index (χ1) is 15.4. The normalized spacial score (nSPS) is 25.8. The van der Waals surface area contributed by atoms with Gasteiger partial charge in [-0.25, -0.2) is 4.90 Å². The van der Waals surface area contributed by atoms with Crippen molar-refractivity contribution in [1.82, 2.24) is 5.01 Å². The summed E-state index contributed by atoms with van der Waals surface area (Å²) < 4.78 is 0. The molecule has 2 aromatic rings. The van der Waals surface area contributed by atoms with Crippen LogP contribution in [0.4, 0.5) is 11.4 Å². The van der Waals surface area contributed by atoms with E-state index in [0.717, 1.165) is 10.5 Å². The molecule has 0 unspecified atom stereocenters. The summed E-state index contributed by atoms with van der Waals surface area (Å²) >= 11 is 0. The van der Waals surface area contributed by atoms with E-state index in [4.69, 9.17) is 0 Å². The Bertz CT molecular complexity index is 1220. The summed E-state index contributed by atoms with van der Waals surface area (Å²) in [7, 11) is 0. The van der Waals surface area contributed by atoms with Crippen LogP contribution in [0.1, 0.15) is 15.9 Å². The number of amides is 2. The zero-order valence-electron chi connectivity index (χ0n) is 17.0. The molecule has 3 aliphatic heterocycles. The van der Waals surface area contributed by atoms with Gasteiger partial charge in [0.1, 0.15) is 6.04 Å². The minimum Gasteiger partial charge on any atom is -0.292 e. The molecule has 0 aromatic heterocycles. The van der Waals surface area contributed by atoms with E-state index in [0.29, 0.717) is 5.69 Å². The SMILES string of the molecule is Cc1ccc(N2C(=O)[C@@H]3[C@H](C2=O)[C@@H](C(=O)c2cccc([N+](=O)[O-])c2)N2N=CC=C[C@H]32)cc1. The highest BCUT2D eigenvalue weighted by molar-refractivity contribution is 6.24. The number of carbonyl (C=O) groups excluding carboxylic acids is 3. The fourth-order valence-corrected chi connectivity index (χ4v) is 4.73. The molecule has 160 valence electrons. The number of benzene rings is 2. The molecule has 3 heterocycles. The predicted octanol–water partition coefficient (Wildman–Crippen LogP) is 2.50. The Hall–Kier alpha value is -4.14. The highest BCUT2D eigenvalue weighted by Gasteiger charge is 2.64. The lowest BCUT2D eigenvalue weighted by Gasteiger charge is -2.30. The van der Waals surface area contributed by atoms with Gasteiger partial charge in [0, 0.05) is 23.9 Å². The minimum absolute atomic E-state index is 0.0994. The number of hydrazone groups is 1. The van der Waals surface area contributed by atoms with Gasteiger partial charge in [-0.1, -0.05) is 35.9 Å². The first-order valence-corrected chi connectivity index (χ1v) is 10.1. The van der Waals surface area contributed by atoms with Crippen LogP contribution < -0.4 is 4.90 Å². The number of ketones is 1. The molecule has 0 saturated carbocycles. The van der Waals surface area contributed by atoms with E-state index >= 15 is 0 Å². The first-order valence-electron chi connectivity index (χ1n) is 10.1. The molecule has 0 aliphatic carbocycles. The molecule has 32 heavy (non-hydrogen) atoms. The lowest BCUT2D eigenvalue weighted by atomic mass is 9.86. The van der Waals surface area contributed by atoms with Crippen molar-refractivity contribution in [3.05, 3.63) is 81.9 Å². The Morgan fingerprint density at radius 3 is 2.50 bits per heavy atom. The minimum atomic E-state index is -1.04. The molecule has 0 spiro atoms. The first kappa shape index (κ1) is 19.8. The van der Waals surface area contributed by atoms with Gasteiger partial charge >= 0.3 is 0 Å².